The first-order chi connectivity index (χ1) is 22.3. The van der Waals surface area contributed by atoms with E-state index in [0.717, 1.165) is 12.8 Å². The minimum Gasteiger partial charge on any atom is -0.310 e. The molecule has 0 amide bonds. The van der Waals surface area contributed by atoms with E-state index < -0.39 is 0 Å². The van der Waals surface area contributed by atoms with E-state index in [1.807, 2.05) is 11.3 Å². The molecule has 9 aromatic rings. The molecular formula is C42H28N2S. The number of fused-ring (bicyclic) bond motifs is 9. The molecule has 0 N–H and O–H groups in total. The van der Waals surface area contributed by atoms with Crippen LogP contribution in [0.5, 0.6) is 0 Å². The summed E-state index contributed by atoms with van der Waals surface area (Å²) in [5.41, 5.74) is 11.6. The second-order valence-electron chi connectivity index (χ2n) is 12.1. The fraction of sp³-hybridized carbons (Fsp3) is 0.0476. The Morgan fingerprint density at radius 1 is 0.444 bits per heavy atom. The normalized spacial score (nSPS) is 13.3. The molecule has 6 aromatic carbocycles. The third-order valence-electron chi connectivity index (χ3n) is 9.65. The van der Waals surface area contributed by atoms with Crippen molar-refractivity contribution in [2.45, 2.75) is 12.8 Å². The number of aromatic nitrogens is 2. The van der Waals surface area contributed by atoms with E-state index in [0.29, 0.717) is 0 Å². The molecule has 0 saturated heterocycles. The molecular weight excluding hydrogens is 565 g/mol. The lowest BCUT2D eigenvalue weighted by Gasteiger charge is -2.18. The van der Waals surface area contributed by atoms with Crippen LogP contribution in [0.25, 0.3) is 75.9 Å². The molecule has 1 aliphatic carbocycles. The number of benzene rings is 6. The number of hydrogen-bond donors (Lipinski definition) is 0. The highest BCUT2D eigenvalue weighted by Gasteiger charge is 2.23. The number of allylic oxidation sites excluding steroid dienone is 1. The zero-order valence-electron chi connectivity index (χ0n) is 24.6. The Balaban J connectivity index is 1.18. The van der Waals surface area contributed by atoms with Gasteiger partial charge in [0.25, 0.3) is 0 Å². The second-order valence-corrected chi connectivity index (χ2v) is 13.2. The van der Waals surface area contributed by atoms with Gasteiger partial charge in [-0.3, -0.25) is 0 Å². The monoisotopic (exact) mass is 592 g/mol. The predicted molar refractivity (Wildman–Crippen MR) is 193 cm³/mol. The molecule has 0 radical (unpaired) electrons. The number of hydrogen-bond acceptors (Lipinski definition) is 1. The van der Waals surface area contributed by atoms with Crippen LogP contribution in [-0.2, 0) is 6.42 Å². The van der Waals surface area contributed by atoms with Crippen molar-refractivity contribution in [3.05, 3.63) is 156 Å². The number of rotatable bonds is 3. The maximum absolute atomic E-state index is 2.50. The molecule has 3 aromatic heterocycles. The van der Waals surface area contributed by atoms with E-state index in [9.17, 15) is 0 Å². The Labute approximate surface area is 264 Å². The van der Waals surface area contributed by atoms with Gasteiger partial charge in [0.2, 0.25) is 0 Å². The summed E-state index contributed by atoms with van der Waals surface area (Å²) < 4.78 is 7.57. The van der Waals surface area contributed by atoms with E-state index in [4.69, 9.17) is 0 Å². The maximum Gasteiger partial charge on any atom is 0.0541 e. The van der Waals surface area contributed by atoms with Gasteiger partial charge in [0.05, 0.1) is 22.2 Å². The highest BCUT2D eigenvalue weighted by Crippen LogP contribution is 2.42. The number of aryl methyl sites for hydroxylation is 1. The molecule has 0 aliphatic heterocycles. The van der Waals surface area contributed by atoms with Crippen molar-refractivity contribution in [2.24, 2.45) is 0 Å². The predicted octanol–water partition coefficient (Wildman–Crippen LogP) is 11.6. The molecule has 1 aliphatic rings. The van der Waals surface area contributed by atoms with Crippen LogP contribution in [0.3, 0.4) is 0 Å². The van der Waals surface area contributed by atoms with Crippen LogP contribution in [0.4, 0.5) is 0 Å². The Bertz CT molecular complexity index is 2650. The summed E-state index contributed by atoms with van der Waals surface area (Å²) in [6, 6.07) is 51.3. The lowest BCUT2D eigenvalue weighted by molar-refractivity contribution is 0.981. The van der Waals surface area contributed by atoms with Gasteiger partial charge in [-0.1, -0.05) is 78.9 Å². The first kappa shape index (κ1) is 25.0. The van der Waals surface area contributed by atoms with E-state index >= 15 is 0 Å². The Hall–Kier alpha value is -5.38. The van der Waals surface area contributed by atoms with Gasteiger partial charge in [0.15, 0.2) is 0 Å². The Morgan fingerprint density at radius 3 is 2.00 bits per heavy atom. The van der Waals surface area contributed by atoms with E-state index in [2.05, 4.69) is 155 Å². The van der Waals surface area contributed by atoms with Gasteiger partial charge in [0.1, 0.15) is 0 Å². The topological polar surface area (TPSA) is 9.86 Å². The minimum atomic E-state index is 1.03. The average Bonchev–Trinajstić information content (AvgIpc) is 3.75. The standard InChI is InChI=1S/C42H28N2S/c1-2-10-29(11-3-1)43-38-16-8-5-13-32(38)35-24-27(19-22-39(35)43)28-18-21-33-31-12-4-7-15-37(31)44(40(33)25-28)30-20-23-42-36(26-30)34-14-6-9-17-41(34)45-42/h1-17,19-20,22-26H,18,21H2. The van der Waals surface area contributed by atoms with Crippen LogP contribution >= 0.6 is 11.3 Å². The average molecular weight is 593 g/mol. The highest BCUT2D eigenvalue weighted by atomic mass is 32.1. The fourth-order valence-corrected chi connectivity index (χ4v) is 8.71. The highest BCUT2D eigenvalue weighted by molar-refractivity contribution is 7.25. The van der Waals surface area contributed by atoms with Gasteiger partial charge >= 0.3 is 0 Å². The molecule has 0 saturated carbocycles. The minimum absolute atomic E-state index is 1.03. The van der Waals surface area contributed by atoms with Gasteiger partial charge in [-0.25, -0.2) is 0 Å². The third-order valence-corrected chi connectivity index (χ3v) is 10.8. The molecule has 0 bridgehead atoms. The third kappa shape index (κ3) is 3.68. The lowest BCUT2D eigenvalue weighted by Crippen LogP contribution is -2.03. The van der Waals surface area contributed by atoms with Gasteiger partial charge < -0.3 is 9.13 Å². The number of nitrogens with zero attached hydrogens (tertiary/aromatic N) is 2. The second kappa shape index (κ2) is 9.56. The summed E-state index contributed by atoms with van der Waals surface area (Å²) >= 11 is 1.88. The molecule has 0 atom stereocenters. The molecule has 0 unspecified atom stereocenters. The summed E-state index contributed by atoms with van der Waals surface area (Å²) in [6.07, 6.45) is 4.52. The maximum atomic E-state index is 2.50. The van der Waals surface area contributed by atoms with Gasteiger partial charge in [-0.2, -0.15) is 0 Å². The van der Waals surface area contributed by atoms with Gasteiger partial charge in [0, 0.05) is 47.7 Å². The summed E-state index contributed by atoms with van der Waals surface area (Å²) in [6.45, 7) is 0. The van der Waals surface area contributed by atoms with Crippen molar-refractivity contribution in [1.29, 1.82) is 0 Å². The first-order valence-corrected chi connectivity index (χ1v) is 16.5. The Kier molecular flexibility index (Phi) is 5.31. The molecule has 2 nitrogen and oxygen atoms in total. The lowest BCUT2D eigenvalue weighted by atomic mass is 9.90. The first-order valence-electron chi connectivity index (χ1n) is 15.7. The molecule has 3 heteroatoms. The number of para-hydroxylation sites is 3. The van der Waals surface area contributed by atoms with Crippen LogP contribution < -0.4 is 0 Å². The van der Waals surface area contributed by atoms with E-state index in [1.54, 1.807) is 0 Å². The summed E-state index contributed by atoms with van der Waals surface area (Å²) in [4.78, 5) is 0. The summed E-state index contributed by atoms with van der Waals surface area (Å²) in [5.74, 6) is 0. The summed E-state index contributed by atoms with van der Waals surface area (Å²) in [7, 11) is 0. The molecule has 0 spiro atoms. The smallest absolute Gasteiger partial charge is 0.0541 e. The molecule has 45 heavy (non-hydrogen) atoms. The van der Waals surface area contributed by atoms with Gasteiger partial charge in [-0.15, -0.1) is 11.3 Å². The number of thiophene rings is 1. The molecule has 212 valence electrons. The van der Waals surface area contributed by atoms with Crippen molar-refractivity contribution in [2.75, 3.05) is 0 Å². The van der Waals surface area contributed by atoms with Crippen LogP contribution in [0.1, 0.15) is 23.2 Å². The summed E-state index contributed by atoms with van der Waals surface area (Å²) in [5, 5.41) is 6.62. The van der Waals surface area contributed by atoms with Crippen molar-refractivity contribution in [3.8, 4) is 11.4 Å². The van der Waals surface area contributed by atoms with Crippen molar-refractivity contribution >= 4 is 75.9 Å². The van der Waals surface area contributed by atoms with Crippen LogP contribution in [0.15, 0.2) is 140 Å². The van der Waals surface area contributed by atoms with Crippen molar-refractivity contribution in [1.82, 2.24) is 9.13 Å². The quantitative estimate of drug-likeness (QED) is 0.193. The SMILES string of the molecule is C1=C(c2ccc3c(c2)c2ccccc2n3-c2ccccc2)CCc2c1n(-c1ccc3sc4ccccc4c3c1)c1ccccc21. The zero-order valence-corrected chi connectivity index (χ0v) is 25.4. The van der Waals surface area contributed by atoms with Crippen LogP contribution in [-0.4, -0.2) is 9.13 Å². The molecule has 3 heterocycles. The zero-order chi connectivity index (χ0) is 29.5. The van der Waals surface area contributed by atoms with Crippen molar-refractivity contribution in [3.63, 3.8) is 0 Å². The van der Waals surface area contributed by atoms with Gasteiger partial charge in [-0.05, 0) is 96.3 Å². The largest absolute Gasteiger partial charge is 0.310 e. The van der Waals surface area contributed by atoms with Crippen LogP contribution in [0, 0.1) is 0 Å². The van der Waals surface area contributed by atoms with Crippen molar-refractivity contribution < 1.29 is 0 Å². The fourth-order valence-electron chi connectivity index (χ4n) is 7.62. The molecule has 10 rings (SSSR count). The molecule has 0 fully saturated rings. The van der Waals surface area contributed by atoms with E-state index in [-0.39, 0.29) is 0 Å². The van der Waals surface area contributed by atoms with Crippen LogP contribution in [0.2, 0.25) is 0 Å². The Morgan fingerprint density at radius 2 is 1.13 bits per heavy atom. The van der Waals surface area contributed by atoms with E-state index in [1.165, 1.54) is 86.6 Å².